The van der Waals surface area contributed by atoms with Gasteiger partial charge in [-0.2, -0.15) is 0 Å². The molecule has 0 aromatic carbocycles. The Morgan fingerprint density at radius 1 is 1.27 bits per heavy atom. The molecule has 1 heterocycles. The molecule has 3 nitrogen and oxygen atoms in total. The predicted molar refractivity (Wildman–Crippen MR) is 47.8 cm³/mol. The molecule has 64 valence electrons. The van der Waals surface area contributed by atoms with Gasteiger partial charge in [0.25, 0.3) is 0 Å². The Morgan fingerprint density at radius 3 is 2.36 bits per heavy atom. The average Bonchev–Trinajstić information content (AvgIpc) is 2.09. The maximum absolute atomic E-state index is 4.16. The molecule has 1 N–H and O–H groups in total. The van der Waals surface area contributed by atoms with Crippen molar-refractivity contribution in [2.45, 2.75) is 19.3 Å². The van der Waals surface area contributed by atoms with E-state index in [0.717, 1.165) is 19.0 Å². The molecule has 0 aromatic rings. The van der Waals surface area contributed by atoms with E-state index in [1.54, 1.807) is 0 Å². The molecular weight excluding hydrogens is 138 g/mol. The largest absolute Gasteiger partial charge is 0.359 e. The van der Waals surface area contributed by atoms with E-state index in [4.69, 9.17) is 0 Å². The monoisotopic (exact) mass is 155 g/mol. The van der Waals surface area contributed by atoms with Crippen molar-refractivity contribution in [2.75, 3.05) is 27.2 Å². The lowest BCUT2D eigenvalue weighted by atomic mass is 10.1. The zero-order valence-corrected chi connectivity index (χ0v) is 7.43. The van der Waals surface area contributed by atoms with Gasteiger partial charge in [0.1, 0.15) is 0 Å². The lowest BCUT2D eigenvalue weighted by Crippen LogP contribution is -2.42. The minimum atomic E-state index is 1.03. The first-order chi connectivity index (χ1) is 5.38. The Balaban J connectivity index is 2.43. The number of hydrogen-bond donors (Lipinski definition) is 1. The van der Waals surface area contributed by atoms with Gasteiger partial charge in [-0.25, -0.2) is 0 Å². The Morgan fingerprint density at radius 2 is 1.91 bits per heavy atom. The van der Waals surface area contributed by atoms with Crippen LogP contribution in [0.15, 0.2) is 4.99 Å². The lowest BCUT2D eigenvalue weighted by molar-refractivity contribution is 0.334. The molecule has 0 amide bonds. The zero-order valence-electron chi connectivity index (χ0n) is 7.43. The minimum Gasteiger partial charge on any atom is -0.359 e. The standard InChI is InChI=1S/C8H17N3/c1-9-8(10-2)11-6-4-3-5-7-11/h3-7H2,1-2H3,(H,9,10). The Labute approximate surface area is 68.5 Å². The van der Waals surface area contributed by atoms with Gasteiger partial charge in [-0.05, 0) is 19.3 Å². The normalized spacial score (nSPS) is 20.2. The summed E-state index contributed by atoms with van der Waals surface area (Å²) in [5, 5.41) is 3.10. The first-order valence-corrected chi connectivity index (χ1v) is 4.28. The Bertz CT molecular complexity index is 136. The van der Waals surface area contributed by atoms with Crippen LogP contribution in [-0.2, 0) is 0 Å². The van der Waals surface area contributed by atoms with Gasteiger partial charge in [-0.1, -0.05) is 0 Å². The molecule has 1 aliphatic heterocycles. The second-order valence-electron chi connectivity index (χ2n) is 2.84. The van der Waals surface area contributed by atoms with E-state index < -0.39 is 0 Å². The predicted octanol–water partition coefficient (Wildman–Crippen LogP) is 0.677. The molecule has 11 heavy (non-hydrogen) atoms. The molecule has 1 fully saturated rings. The number of aliphatic imine (C=N–C) groups is 1. The first-order valence-electron chi connectivity index (χ1n) is 4.28. The molecule has 0 radical (unpaired) electrons. The van der Waals surface area contributed by atoms with Crippen molar-refractivity contribution in [2.24, 2.45) is 4.99 Å². The van der Waals surface area contributed by atoms with Gasteiger partial charge < -0.3 is 10.2 Å². The SMILES string of the molecule is CN=C(NC)N1CCCCC1. The van der Waals surface area contributed by atoms with E-state index in [-0.39, 0.29) is 0 Å². The number of piperidine rings is 1. The summed E-state index contributed by atoms with van der Waals surface area (Å²) in [7, 11) is 3.76. The fourth-order valence-electron chi connectivity index (χ4n) is 1.52. The number of rotatable bonds is 0. The number of nitrogens with zero attached hydrogens (tertiary/aromatic N) is 2. The number of nitrogens with one attached hydrogen (secondary N) is 1. The van der Waals surface area contributed by atoms with E-state index in [2.05, 4.69) is 15.2 Å². The van der Waals surface area contributed by atoms with Crippen LogP contribution < -0.4 is 5.32 Å². The second kappa shape index (κ2) is 4.21. The number of likely N-dealkylation sites (tertiary alicyclic amines) is 1. The Hall–Kier alpha value is -0.730. The minimum absolute atomic E-state index is 1.03. The van der Waals surface area contributed by atoms with Gasteiger partial charge >= 0.3 is 0 Å². The van der Waals surface area contributed by atoms with Gasteiger partial charge in [0.2, 0.25) is 0 Å². The molecule has 1 saturated heterocycles. The van der Waals surface area contributed by atoms with Crippen molar-refractivity contribution < 1.29 is 0 Å². The molecule has 0 bridgehead atoms. The summed E-state index contributed by atoms with van der Waals surface area (Å²) >= 11 is 0. The second-order valence-corrected chi connectivity index (χ2v) is 2.84. The molecule has 0 aromatic heterocycles. The van der Waals surface area contributed by atoms with Gasteiger partial charge in [0, 0.05) is 27.2 Å². The maximum Gasteiger partial charge on any atom is 0.193 e. The van der Waals surface area contributed by atoms with E-state index in [9.17, 15) is 0 Å². The maximum atomic E-state index is 4.16. The van der Waals surface area contributed by atoms with Crippen LogP contribution in [0.3, 0.4) is 0 Å². The van der Waals surface area contributed by atoms with Crippen molar-refractivity contribution in [3.63, 3.8) is 0 Å². The third kappa shape index (κ3) is 2.10. The highest BCUT2D eigenvalue weighted by atomic mass is 15.3. The van der Waals surface area contributed by atoms with Gasteiger partial charge in [0.05, 0.1) is 0 Å². The quantitative estimate of drug-likeness (QED) is 0.411. The van der Waals surface area contributed by atoms with Crippen molar-refractivity contribution in [1.29, 1.82) is 0 Å². The average molecular weight is 155 g/mol. The summed E-state index contributed by atoms with van der Waals surface area (Å²) in [5.41, 5.74) is 0. The van der Waals surface area contributed by atoms with Crippen LogP contribution in [0.1, 0.15) is 19.3 Å². The van der Waals surface area contributed by atoms with Crippen LogP contribution in [-0.4, -0.2) is 38.0 Å². The molecule has 0 saturated carbocycles. The van der Waals surface area contributed by atoms with Crippen LogP contribution in [0.25, 0.3) is 0 Å². The van der Waals surface area contributed by atoms with Crippen LogP contribution in [0.2, 0.25) is 0 Å². The topological polar surface area (TPSA) is 27.6 Å². The van der Waals surface area contributed by atoms with Crippen LogP contribution >= 0.6 is 0 Å². The molecule has 0 spiro atoms. The molecule has 3 heteroatoms. The fourth-order valence-corrected chi connectivity index (χ4v) is 1.52. The van der Waals surface area contributed by atoms with Crippen molar-refractivity contribution in [3.05, 3.63) is 0 Å². The molecule has 0 aliphatic carbocycles. The first kappa shape index (κ1) is 8.37. The highest BCUT2D eigenvalue weighted by Crippen LogP contribution is 2.07. The smallest absolute Gasteiger partial charge is 0.193 e. The van der Waals surface area contributed by atoms with Crippen LogP contribution in [0.4, 0.5) is 0 Å². The molecule has 1 aliphatic rings. The van der Waals surface area contributed by atoms with Gasteiger partial charge in [-0.3, -0.25) is 4.99 Å². The lowest BCUT2D eigenvalue weighted by Gasteiger charge is -2.28. The highest BCUT2D eigenvalue weighted by molar-refractivity contribution is 5.79. The third-order valence-corrected chi connectivity index (χ3v) is 2.09. The summed E-state index contributed by atoms with van der Waals surface area (Å²) in [6.07, 6.45) is 3.98. The fraction of sp³-hybridized carbons (Fsp3) is 0.875. The third-order valence-electron chi connectivity index (χ3n) is 2.09. The summed E-state index contributed by atoms with van der Waals surface area (Å²) in [6, 6.07) is 0. The van der Waals surface area contributed by atoms with E-state index in [1.807, 2.05) is 14.1 Å². The molecule has 0 atom stereocenters. The van der Waals surface area contributed by atoms with Crippen LogP contribution in [0.5, 0.6) is 0 Å². The number of guanidine groups is 1. The van der Waals surface area contributed by atoms with Crippen molar-refractivity contribution in [3.8, 4) is 0 Å². The van der Waals surface area contributed by atoms with E-state index in [0.29, 0.717) is 0 Å². The summed E-state index contributed by atoms with van der Waals surface area (Å²) in [4.78, 5) is 6.47. The van der Waals surface area contributed by atoms with Gasteiger partial charge in [-0.15, -0.1) is 0 Å². The van der Waals surface area contributed by atoms with E-state index >= 15 is 0 Å². The molecule has 1 rings (SSSR count). The van der Waals surface area contributed by atoms with Crippen LogP contribution in [0, 0.1) is 0 Å². The van der Waals surface area contributed by atoms with Crippen molar-refractivity contribution >= 4 is 5.96 Å². The molecule has 0 unspecified atom stereocenters. The van der Waals surface area contributed by atoms with Crippen molar-refractivity contribution in [1.82, 2.24) is 10.2 Å². The van der Waals surface area contributed by atoms with Gasteiger partial charge in [0.15, 0.2) is 5.96 Å². The zero-order chi connectivity index (χ0) is 8.10. The highest BCUT2D eigenvalue weighted by Gasteiger charge is 2.11. The summed E-state index contributed by atoms with van der Waals surface area (Å²) in [5.74, 6) is 1.03. The number of hydrogen-bond acceptors (Lipinski definition) is 1. The summed E-state index contributed by atoms with van der Waals surface area (Å²) < 4.78 is 0. The van der Waals surface area contributed by atoms with E-state index in [1.165, 1.54) is 19.3 Å². The molecular formula is C8H17N3. The summed E-state index contributed by atoms with van der Waals surface area (Å²) in [6.45, 7) is 2.32. The Kier molecular flexibility index (Phi) is 3.20.